The molecule has 1 saturated heterocycles. The van der Waals surface area contributed by atoms with Gasteiger partial charge in [-0.15, -0.1) is 0 Å². The molecule has 0 saturated carbocycles. The first kappa shape index (κ1) is 15.2. The number of hydrogen-bond acceptors (Lipinski definition) is 3. The zero-order valence-electron chi connectivity index (χ0n) is 12.5. The zero-order valence-corrected chi connectivity index (χ0v) is 14.1. The summed E-state index contributed by atoms with van der Waals surface area (Å²) in [6.45, 7) is 5.39. The smallest absolute Gasteiger partial charge is 0.270 e. The number of fused-ring (bicyclic) bond motifs is 1. The number of carbonyl (C=O) groups is 1. The maximum absolute atomic E-state index is 12.7. The Morgan fingerprint density at radius 3 is 2.59 bits per heavy atom. The van der Waals surface area contributed by atoms with E-state index in [1.165, 1.54) is 6.07 Å². The van der Waals surface area contributed by atoms with E-state index in [2.05, 4.69) is 40.1 Å². The first-order valence-corrected chi connectivity index (χ1v) is 8.11. The van der Waals surface area contributed by atoms with E-state index in [-0.39, 0.29) is 23.4 Å². The molecular weight excluding hydrogens is 346 g/mol. The van der Waals surface area contributed by atoms with Crippen LogP contribution >= 0.6 is 15.9 Å². The second-order valence-electron chi connectivity index (χ2n) is 5.92. The molecule has 1 amide bonds. The van der Waals surface area contributed by atoms with Crippen LogP contribution in [0.1, 0.15) is 24.3 Å². The second-order valence-corrected chi connectivity index (χ2v) is 6.83. The van der Waals surface area contributed by atoms with E-state index in [0.29, 0.717) is 29.7 Å². The van der Waals surface area contributed by atoms with Gasteiger partial charge >= 0.3 is 0 Å². The third kappa shape index (κ3) is 2.94. The molecule has 2 N–H and O–H groups in total. The number of nitrogens with zero attached hydrogens (tertiary/aromatic N) is 1. The molecule has 0 aliphatic carbocycles. The molecule has 0 spiro atoms. The number of piperazine rings is 1. The standard InChI is InChI=1S/C16H18BrN3O2/c1-9-7-20(8-10(2)18-9)16(22)14-6-15(21)12-5-11(17)3-4-13(12)19-14/h3-6,9-10,18H,7-8H2,1-2H3,(H,19,21)/t9-,10-/m1/s1. The molecule has 5 nitrogen and oxygen atoms in total. The molecule has 2 atom stereocenters. The first-order chi connectivity index (χ1) is 10.4. The highest BCUT2D eigenvalue weighted by Crippen LogP contribution is 2.17. The maximum atomic E-state index is 12.7. The number of amides is 1. The van der Waals surface area contributed by atoms with Gasteiger partial charge in [-0.25, -0.2) is 0 Å². The normalized spacial score (nSPS) is 22.0. The summed E-state index contributed by atoms with van der Waals surface area (Å²) in [5.74, 6) is -0.123. The van der Waals surface area contributed by atoms with E-state index in [4.69, 9.17) is 0 Å². The highest BCUT2D eigenvalue weighted by atomic mass is 79.9. The lowest BCUT2D eigenvalue weighted by atomic mass is 10.1. The van der Waals surface area contributed by atoms with E-state index < -0.39 is 0 Å². The molecule has 1 aromatic carbocycles. The van der Waals surface area contributed by atoms with Crippen LogP contribution in [0, 0.1) is 0 Å². The summed E-state index contributed by atoms with van der Waals surface area (Å²) in [6, 6.07) is 7.31. The predicted octanol–water partition coefficient (Wildman–Crippen LogP) is 2.11. The minimum Gasteiger partial charge on any atom is -0.350 e. The molecule has 1 aromatic heterocycles. The van der Waals surface area contributed by atoms with E-state index >= 15 is 0 Å². The Balaban J connectivity index is 1.97. The SMILES string of the molecule is C[C@@H]1CN(C(=O)c2cc(=O)c3cc(Br)ccc3[nH]2)C[C@@H](C)N1. The van der Waals surface area contributed by atoms with Crippen LogP contribution in [0.3, 0.4) is 0 Å². The molecule has 2 heterocycles. The number of halogens is 1. The lowest BCUT2D eigenvalue weighted by Gasteiger charge is -2.36. The number of aromatic nitrogens is 1. The average molecular weight is 364 g/mol. The number of pyridine rings is 1. The van der Waals surface area contributed by atoms with Gasteiger partial charge in [-0.2, -0.15) is 0 Å². The molecule has 0 unspecified atom stereocenters. The number of nitrogens with one attached hydrogen (secondary N) is 2. The lowest BCUT2D eigenvalue weighted by molar-refractivity contribution is 0.0668. The van der Waals surface area contributed by atoms with Crippen LogP contribution < -0.4 is 10.7 Å². The monoisotopic (exact) mass is 363 g/mol. The molecule has 3 rings (SSSR count). The number of carbonyl (C=O) groups excluding carboxylic acids is 1. The van der Waals surface area contributed by atoms with Crippen molar-refractivity contribution in [1.82, 2.24) is 15.2 Å². The molecule has 116 valence electrons. The van der Waals surface area contributed by atoms with Crippen LogP contribution in [0.25, 0.3) is 10.9 Å². The van der Waals surface area contributed by atoms with Crippen LogP contribution in [0.2, 0.25) is 0 Å². The summed E-state index contributed by atoms with van der Waals surface area (Å²) >= 11 is 3.35. The quantitative estimate of drug-likeness (QED) is 0.815. The van der Waals surface area contributed by atoms with Gasteiger partial charge in [0.2, 0.25) is 0 Å². The summed E-state index contributed by atoms with van der Waals surface area (Å²) in [7, 11) is 0. The minimum atomic E-state index is -0.144. The summed E-state index contributed by atoms with van der Waals surface area (Å²) in [4.78, 5) is 29.8. The Morgan fingerprint density at radius 2 is 1.91 bits per heavy atom. The molecule has 0 bridgehead atoms. The Labute approximate surface area is 136 Å². The van der Waals surface area contributed by atoms with Gasteiger partial charge in [0, 0.05) is 46.6 Å². The van der Waals surface area contributed by atoms with Gasteiger partial charge in [-0.3, -0.25) is 9.59 Å². The Bertz CT molecular complexity index is 777. The fourth-order valence-corrected chi connectivity index (χ4v) is 3.36. The van der Waals surface area contributed by atoms with Crippen molar-refractivity contribution in [3.05, 3.63) is 44.7 Å². The summed E-state index contributed by atoms with van der Waals surface area (Å²) in [6.07, 6.45) is 0. The van der Waals surface area contributed by atoms with Gasteiger partial charge < -0.3 is 15.2 Å². The molecule has 1 aliphatic heterocycles. The fraction of sp³-hybridized carbons (Fsp3) is 0.375. The van der Waals surface area contributed by atoms with Crippen molar-refractivity contribution in [3.8, 4) is 0 Å². The average Bonchev–Trinajstić information content (AvgIpc) is 2.46. The lowest BCUT2D eigenvalue weighted by Crippen LogP contribution is -2.56. The minimum absolute atomic E-state index is 0.123. The second kappa shape index (κ2) is 5.85. The highest BCUT2D eigenvalue weighted by molar-refractivity contribution is 9.10. The van der Waals surface area contributed by atoms with Gasteiger partial charge in [-0.1, -0.05) is 15.9 Å². The summed E-state index contributed by atoms with van der Waals surface area (Å²) in [5.41, 5.74) is 0.881. The van der Waals surface area contributed by atoms with Gasteiger partial charge in [0.15, 0.2) is 5.43 Å². The van der Waals surface area contributed by atoms with E-state index in [9.17, 15) is 9.59 Å². The number of hydrogen-bond donors (Lipinski definition) is 2. The summed E-state index contributed by atoms with van der Waals surface area (Å²) < 4.78 is 0.842. The predicted molar refractivity (Wildman–Crippen MR) is 90.2 cm³/mol. The van der Waals surface area contributed by atoms with Crippen molar-refractivity contribution in [3.63, 3.8) is 0 Å². The first-order valence-electron chi connectivity index (χ1n) is 7.32. The van der Waals surface area contributed by atoms with Crippen LogP contribution in [0.5, 0.6) is 0 Å². The van der Waals surface area contributed by atoms with E-state index in [1.54, 1.807) is 17.0 Å². The van der Waals surface area contributed by atoms with Gasteiger partial charge in [0.1, 0.15) is 5.69 Å². The zero-order chi connectivity index (χ0) is 15.9. The van der Waals surface area contributed by atoms with E-state index in [0.717, 1.165) is 4.47 Å². The summed E-state index contributed by atoms with van der Waals surface area (Å²) in [5, 5.41) is 3.97. The Hall–Kier alpha value is -1.66. The molecule has 2 aromatic rings. The van der Waals surface area contributed by atoms with Crippen molar-refractivity contribution >= 4 is 32.7 Å². The van der Waals surface area contributed by atoms with Crippen molar-refractivity contribution in [2.24, 2.45) is 0 Å². The molecule has 0 radical (unpaired) electrons. The Kier molecular flexibility index (Phi) is 4.06. The van der Waals surface area contributed by atoms with E-state index in [1.807, 2.05) is 6.07 Å². The maximum Gasteiger partial charge on any atom is 0.270 e. The van der Waals surface area contributed by atoms with Gasteiger partial charge in [0.25, 0.3) is 5.91 Å². The van der Waals surface area contributed by atoms with Crippen LogP contribution in [-0.4, -0.2) is 41.0 Å². The van der Waals surface area contributed by atoms with Gasteiger partial charge in [0.05, 0.1) is 0 Å². The number of benzene rings is 1. The van der Waals surface area contributed by atoms with Gasteiger partial charge in [-0.05, 0) is 32.0 Å². The van der Waals surface area contributed by atoms with Crippen molar-refractivity contribution in [2.75, 3.05) is 13.1 Å². The molecular formula is C16H18BrN3O2. The largest absolute Gasteiger partial charge is 0.350 e. The molecule has 22 heavy (non-hydrogen) atoms. The van der Waals surface area contributed by atoms with Crippen LogP contribution in [0.15, 0.2) is 33.5 Å². The van der Waals surface area contributed by atoms with Crippen molar-refractivity contribution in [1.29, 1.82) is 0 Å². The van der Waals surface area contributed by atoms with Crippen LogP contribution in [0.4, 0.5) is 0 Å². The number of aromatic amines is 1. The van der Waals surface area contributed by atoms with Crippen LogP contribution in [-0.2, 0) is 0 Å². The number of H-pyrrole nitrogens is 1. The number of rotatable bonds is 1. The fourth-order valence-electron chi connectivity index (χ4n) is 3.00. The molecule has 1 fully saturated rings. The Morgan fingerprint density at radius 1 is 1.23 bits per heavy atom. The molecule has 6 heteroatoms. The van der Waals surface area contributed by atoms with Crippen molar-refractivity contribution in [2.45, 2.75) is 25.9 Å². The van der Waals surface area contributed by atoms with Crippen molar-refractivity contribution < 1.29 is 4.79 Å². The highest BCUT2D eigenvalue weighted by Gasteiger charge is 2.26. The topological polar surface area (TPSA) is 65.2 Å². The third-order valence-corrected chi connectivity index (χ3v) is 4.36. The molecule has 1 aliphatic rings. The third-order valence-electron chi connectivity index (χ3n) is 3.87.